The summed E-state index contributed by atoms with van der Waals surface area (Å²) in [5.41, 5.74) is 0. The van der Waals surface area contributed by atoms with Gasteiger partial charge in [-0.3, -0.25) is 9.59 Å². The van der Waals surface area contributed by atoms with Crippen molar-refractivity contribution < 1.29 is 9.59 Å². The number of rotatable bonds is 7. The van der Waals surface area contributed by atoms with Gasteiger partial charge in [-0.2, -0.15) is 0 Å². The standard InChI is InChI=1S/C12H21NO2/c1-2-3-4-5-6-7-11(14)10-8-9-12(15)13-10/h10H,2-9H2,1H3,(H,13,15)/t10-/m0/s1. The van der Waals surface area contributed by atoms with Crippen LogP contribution in [0.3, 0.4) is 0 Å². The minimum absolute atomic E-state index is 0.0272. The van der Waals surface area contributed by atoms with E-state index in [2.05, 4.69) is 12.2 Å². The van der Waals surface area contributed by atoms with Gasteiger partial charge in [0.1, 0.15) is 0 Å². The molecule has 1 heterocycles. The quantitative estimate of drug-likeness (QED) is 0.656. The Morgan fingerprint density at radius 3 is 2.67 bits per heavy atom. The highest BCUT2D eigenvalue weighted by Crippen LogP contribution is 2.12. The van der Waals surface area contributed by atoms with Crippen LogP contribution in [0.1, 0.15) is 58.3 Å². The smallest absolute Gasteiger partial charge is 0.220 e. The van der Waals surface area contributed by atoms with Gasteiger partial charge in [-0.15, -0.1) is 0 Å². The third kappa shape index (κ3) is 4.45. The fraction of sp³-hybridized carbons (Fsp3) is 0.833. The lowest BCUT2D eigenvalue weighted by Gasteiger charge is -2.07. The lowest BCUT2D eigenvalue weighted by Crippen LogP contribution is -2.32. The van der Waals surface area contributed by atoms with Crippen LogP contribution in [-0.4, -0.2) is 17.7 Å². The van der Waals surface area contributed by atoms with Crippen molar-refractivity contribution in [1.82, 2.24) is 5.32 Å². The monoisotopic (exact) mass is 211 g/mol. The zero-order valence-electron chi connectivity index (χ0n) is 9.55. The van der Waals surface area contributed by atoms with E-state index in [9.17, 15) is 9.59 Å². The van der Waals surface area contributed by atoms with E-state index in [4.69, 9.17) is 0 Å². The first-order valence-electron chi connectivity index (χ1n) is 6.06. The molecule has 1 fully saturated rings. The molecule has 86 valence electrons. The zero-order chi connectivity index (χ0) is 11.1. The summed E-state index contributed by atoms with van der Waals surface area (Å²) in [7, 11) is 0. The molecule has 0 spiro atoms. The van der Waals surface area contributed by atoms with E-state index < -0.39 is 0 Å². The van der Waals surface area contributed by atoms with Gasteiger partial charge in [0.2, 0.25) is 5.91 Å². The fourth-order valence-electron chi connectivity index (χ4n) is 1.93. The maximum Gasteiger partial charge on any atom is 0.220 e. The molecule has 1 N–H and O–H groups in total. The van der Waals surface area contributed by atoms with E-state index in [0.29, 0.717) is 19.3 Å². The third-order valence-corrected chi connectivity index (χ3v) is 2.91. The molecule has 1 saturated heterocycles. The van der Waals surface area contributed by atoms with Crippen LogP contribution in [0.2, 0.25) is 0 Å². The summed E-state index contributed by atoms with van der Waals surface area (Å²) in [4.78, 5) is 22.5. The Balaban J connectivity index is 2.06. The largest absolute Gasteiger partial charge is 0.346 e. The molecule has 1 rings (SSSR count). The second kappa shape index (κ2) is 6.59. The Bertz CT molecular complexity index is 226. The maximum atomic E-state index is 11.6. The number of unbranched alkanes of at least 4 members (excludes halogenated alkanes) is 4. The topological polar surface area (TPSA) is 46.2 Å². The molecule has 1 aliphatic rings. The molecule has 0 aromatic rings. The molecular formula is C12H21NO2. The third-order valence-electron chi connectivity index (χ3n) is 2.91. The summed E-state index contributed by atoms with van der Waals surface area (Å²) >= 11 is 0. The molecule has 0 radical (unpaired) electrons. The summed E-state index contributed by atoms with van der Waals surface area (Å²) < 4.78 is 0. The highest BCUT2D eigenvalue weighted by Gasteiger charge is 2.26. The Kier molecular flexibility index (Phi) is 5.37. The number of carbonyl (C=O) groups is 2. The van der Waals surface area contributed by atoms with Crippen LogP contribution in [0.15, 0.2) is 0 Å². The predicted molar refractivity (Wildman–Crippen MR) is 59.5 cm³/mol. The molecule has 0 aromatic carbocycles. The fourth-order valence-corrected chi connectivity index (χ4v) is 1.93. The summed E-state index contributed by atoms with van der Waals surface area (Å²) in [6.45, 7) is 2.18. The number of hydrogen-bond acceptors (Lipinski definition) is 2. The number of hydrogen-bond donors (Lipinski definition) is 1. The van der Waals surface area contributed by atoms with Gasteiger partial charge in [0.25, 0.3) is 0 Å². The van der Waals surface area contributed by atoms with E-state index in [1.54, 1.807) is 0 Å². The molecule has 15 heavy (non-hydrogen) atoms. The van der Waals surface area contributed by atoms with Crippen molar-refractivity contribution in [3.63, 3.8) is 0 Å². The van der Waals surface area contributed by atoms with Crippen LogP contribution in [0.4, 0.5) is 0 Å². The molecule has 1 aliphatic heterocycles. The van der Waals surface area contributed by atoms with Gasteiger partial charge >= 0.3 is 0 Å². The Morgan fingerprint density at radius 2 is 2.07 bits per heavy atom. The van der Waals surface area contributed by atoms with Crippen LogP contribution in [0.25, 0.3) is 0 Å². The van der Waals surface area contributed by atoms with Crippen LogP contribution in [0, 0.1) is 0 Å². The van der Waals surface area contributed by atoms with E-state index in [1.165, 1.54) is 19.3 Å². The van der Waals surface area contributed by atoms with Crippen molar-refractivity contribution in [2.45, 2.75) is 64.3 Å². The van der Waals surface area contributed by atoms with Gasteiger partial charge < -0.3 is 5.32 Å². The van der Waals surface area contributed by atoms with Crippen LogP contribution in [-0.2, 0) is 9.59 Å². The SMILES string of the molecule is CCCCCCCC(=O)[C@@H]1CCC(=O)N1. The Morgan fingerprint density at radius 1 is 1.33 bits per heavy atom. The summed E-state index contributed by atoms with van der Waals surface area (Å²) in [5, 5.41) is 2.72. The molecule has 3 heteroatoms. The average Bonchev–Trinajstić information content (AvgIpc) is 2.64. The van der Waals surface area contributed by atoms with Crippen molar-refractivity contribution in [3.05, 3.63) is 0 Å². The average molecular weight is 211 g/mol. The molecule has 0 unspecified atom stereocenters. The van der Waals surface area contributed by atoms with Gasteiger partial charge in [0.05, 0.1) is 6.04 Å². The first kappa shape index (κ1) is 12.2. The molecule has 1 amide bonds. The van der Waals surface area contributed by atoms with Gasteiger partial charge in [0.15, 0.2) is 5.78 Å². The molecule has 0 saturated carbocycles. The lowest BCUT2D eigenvalue weighted by atomic mass is 10.0. The van der Waals surface area contributed by atoms with Gasteiger partial charge in [0, 0.05) is 12.8 Å². The second-order valence-electron chi connectivity index (χ2n) is 4.29. The minimum Gasteiger partial charge on any atom is -0.346 e. The van der Waals surface area contributed by atoms with E-state index in [1.807, 2.05) is 0 Å². The molecule has 0 aliphatic carbocycles. The molecule has 1 atom stereocenters. The first-order chi connectivity index (χ1) is 7.24. The number of Topliss-reactive ketones (excluding diaryl/α,β-unsaturated/α-hetero) is 1. The first-order valence-corrected chi connectivity index (χ1v) is 6.06. The summed E-state index contributed by atoms with van der Waals surface area (Å²) in [5.74, 6) is 0.247. The van der Waals surface area contributed by atoms with E-state index in [0.717, 1.165) is 12.8 Å². The Labute approximate surface area is 91.6 Å². The summed E-state index contributed by atoms with van der Waals surface area (Å²) in [6, 6.07) is -0.177. The van der Waals surface area contributed by atoms with Crippen molar-refractivity contribution in [3.8, 4) is 0 Å². The van der Waals surface area contributed by atoms with Gasteiger partial charge in [-0.25, -0.2) is 0 Å². The normalized spacial score (nSPS) is 20.3. The van der Waals surface area contributed by atoms with E-state index in [-0.39, 0.29) is 17.7 Å². The molecule has 0 bridgehead atoms. The van der Waals surface area contributed by atoms with Crippen LogP contribution in [0.5, 0.6) is 0 Å². The highest BCUT2D eigenvalue weighted by atomic mass is 16.2. The number of nitrogens with one attached hydrogen (secondary N) is 1. The van der Waals surface area contributed by atoms with Gasteiger partial charge in [-0.1, -0.05) is 32.6 Å². The number of amides is 1. The van der Waals surface area contributed by atoms with Crippen molar-refractivity contribution in [1.29, 1.82) is 0 Å². The number of ketones is 1. The molecule has 0 aromatic heterocycles. The predicted octanol–water partition coefficient (Wildman–Crippen LogP) is 2.19. The minimum atomic E-state index is -0.177. The molecule has 3 nitrogen and oxygen atoms in total. The summed E-state index contributed by atoms with van der Waals surface area (Å²) in [6.07, 6.45) is 7.68. The highest BCUT2D eigenvalue weighted by molar-refractivity contribution is 5.91. The van der Waals surface area contributed by atoms with Crippen molar-refractivity contribution in [2.75, 3.05) is 0 Å². The van der Waals surface area contributed by atoms with Crippen LogP contribution < -0.4 is 5.32 Å². The van der Waals surface area contributed by atoms with Crippen molar-refractivity contribution in [2.24, 2.45) is 0 Å². The number of carbonyl (C=O) groups excluding carboxylic acids is 2. The maximum absolute atomic E-state index is 11.6. The van der Waals surface area contributed by atoms with Crippen LogP contribution >= 0.6 is 0 Å². The second-order valence-corrected chi connectivity index (χ2v) is 4.29. The van der Waals surface area contributed by atoms with Gasteiger partial charge in [-0.05, 0) is 12.8 Å². The van der Waals surface area contributed by atoms with E-state index >= 15 is 0 Å². The van der Waals surface area contributed by atoms with Crippen molar-refractivity contribution >= 4 is 11.7 Å². The Hall–Kier alpha value is -0.860. The lowest BCUT2D eigenvalue weighted by molar-refractivity contribution is -0.124. The zero-order valence-corrected chi connectivity index (χ0v) is 9.55. The molecular weight excluding hydrogens is 190 g/mol.